The Labute approximate surface area is 147 Å². The molecule has 0 aliphatic heterocycles. The number of aromatic nitrogens is 1. The van der Waals surface area contributed by atoms with E-state index in [1.54, 1.807) is 18.4 Å². The van der Waals surface area contributed by atoms with Gasteiger partial charge in [-0.2, -0.15) is 0 Å². The Bertz CT molecular complexity index is 701. The first-order valence-electron chi connectivity index (χ1n) is 9.09. The van der Waals surface area contributed by atoms with Gasteiger partial charge in [0.15, 0.2) is 5.13 Å². The molecule has 6 rings (SSSR count). The summed E-state index contributed by atoms with van der Waals surface area (Å²) in [6.07, 6.45) is 8.60. The predicted octanol–water partition coefficient (Wildman–Crippen LogP) is 5.36. The Hall–Kier alpha value is -1.55. The van der Waals surface area contributed by atoms with Gasteiger partial charge < -0.3 is 10.1 Å². The molecule has 24 heavy (non-hydrogen) atoms. The molecule has 0 atom stereocenters. The molecule has 4 saturated carbocycles. The molecule has 4 aliphatic rings. The van der Waals surface area contributed by atoms with Crippen LogP contribution in [0.4, 0.5) is 10.8 Å². The van der Waals surface area contributed by atoms with Gasteiger partial charge in [0, 0.05) is 16.5 Å². The molecular weight excluding hydrogens is 316 g/mol. The molecule has 2 aromatic rings. The van der Waals surface area contributed by atoms with E-state index < -0.39 is 0 Å². The van der Waals surface area contributed by atoms with E-state index >= 15 is 0 Å². The Morgan fingerprint density at radius 2 is 1.67 bits per heavy atom. The first-order valence-corrected chi connectivity index (χ1v) is 9.97. The van der Waals surface area contributed by atoms with Crippen molar-refractivity contribution in [1.82, 2.24) is 4.98 Å². The average molecular weight is 340 g/mol. The molecule has 4 bridgehead atoms. The number of thiazole rings is 1. The molecule has 0 saturated heterocycles. The number of benzene rings is 1. The van der Waals surface area contributed by atoms with E-state index in [4.69, 9.17) is 9.72 Å². The molecule has 0 spiro atoms. The predicted molar refractivity (Wildman–Crippen MR) is 98.2 cm³/mol. The van der Waals surface area contributed by atoms with Gasteiger partial charge in [-0.05, 0) is 80.5 Å². The summed E-state index contributed by atoms with van der Waals surface area (Å²) in [5.74, 6) is 3.79. The van der Waals surface area contributed by atoms with Crippen LogP contribution in [0.2, 0.25) is 0 Å². The number of methoxy groups -OCH3 is 1. The van der Waals surface area contributed by atoms with Gasteiger partial charge in [0.1, 0.15) is 5.75 Å². The van der Waals surface area contributed by atoms with Gasteiger partial charge in [0.05, 0.1) is 12.8 Å². The van der Waals surface area contributed by atoms with Crippen molar-refractivity contribution < 1.29 is 4.74 Å². The SMILES string of the molecule is COc1ccc(Nc2nc(C34CC5CC(CC(C5)C3)C4)cs2)cc1. The van der Waals surface area contributed by atoms with Gasteiger partial charge in [0.2, 0.25) is 0 Å². The molecule has 4 heteroatoms. The van der Waals surface area contributed by atoms with E-state index in [9.17, 15) is 0 Å². The number of nitrogens with one attached hydrogen (secondary N) is 1. The molecule has 4 aliphatic carbocycles. The van der Waals surface area contributed by atoms with Gasteiger partial charge in [0.25, 0.3) is 0 Å². The van der Waals surface area contributed by atoms with Gasteiger partial charge in [-0.15, -0.1) is 11.3 Å². The fourth-order valence-corrected chi connectivity index (χ4v) is 6.65. The molecule has 0 amide bonds. The number of nitrogens with zero attached hydrogens (tertiary/aromatic N) is 1. The highest BCUT2D eigenvalue weighted by atomic mass is 32.1. The Kier molecular flexibility index (Phi) is 3.37. The summed E-state index contributed by atoms with van der Waals surface area (Å²) in [5, 5.41) is 6.80. The minimum atomic E-state index is 0.394. The van der Waals surface area contributed by atoms with Crippen molar-refractivity contribution in [3.05, 3.63) is 35.3 Å². The summed E-state index contributed by atoms with van der Waals surface area (Å²) in [6, 6.07) is 8.06. The third-order valence-electron chi connectivity index (χ3n) is 6.43. The zero-order valence-corrected chi connectivity index (χ0v) is 14.9. The van der Waals surface area contributed by atoms with Gasteiger partial charge in [-0.25, -0.2) is 4.98 Å². The molecule has 3 nitrogen and oxygen atoms in total. The quantitative estimate of drug-likeness (QED) is 0.813. The van der Waals surface area contributed by atoms with Crippen molar-refractivity contribution in [3.8, 4) is 5.75 Å². The number of hydrogen-bond donors (Lipinski definition) is 1. The highest BCUT2D eigenvalue weighted by Gasteiger charge is 2.52. The molecule has 0 unspecified atom stereocenters. The topological polar surface area (TPSA) is 34.1 Å². The van der Waals surface area contributed by atoms with Crippen LogP contribution in [0.1, 0.15) is 44.2 Å². The fourth-order valence-electron chi connectivity index (χ4n) is 5.80. The highest BCUT2D eigenvalue weighted by Crippen LogP contribution is 2.60. The van der Waals surface area contributed by atoms with Crippen molar-refractivity contribution in [2.24, 2.45) is 17.8 Å². The van der Waals surface area contributed by atoms with E-state index in [0.29, 0.717) is 5.41 Å². The van der Waals surface area contributed by atoms with Crippen LogP contribution in [0.5, 0.6) is 5.75 Å². The van der Waals surface area contributed by atoms with E-state index in [0.717, 1.165) is 34.3 Å². The summed E-state index contributed by atoms with van der Waals surface area (Å²) in [7, 11) is 1.70. The summed E-state index contributed by atoms with van der Waals surface area (Å²) < 4.78 is 5.22. The van der Waals surface area contributed by atoms with Crippen molar-refractivity contribution in [2.75, 3.05) is 12.4 Å². The third-order valence-corrected chi connectivity index (χ3v) is 7.18. The second-order valence-corrected chi connectivity index (χ2v) is 8.95. The number of anilines is 2. The lowest BCUT2D eigenvalue weighted by Crippen LogP contribution is -2.48. The smallest absolute Gasteiger partial charge is 0.187 e. The Morgan fingerprint density at radius 1 is 1.04 bits per heavy atom. The number of ether oxygens (including phenoxy) is 1. The second-order valence-electron chi connectivity index (χ2n) is 8.09. The van der Waals surface area contributed by atoms with Gasteiger partial charge in [-0.1, -0.05) is 0 Å². The molecule has 4 fully saturated rings. The first kappa shape index (κ1) is 14.8. The van der Waals surface area contributed by atoms with E-state index in [-0.39, 0.29) is 0 Å². The van der Waals surface area contributed by atoms with Crippen LogP contribution in [0, 0.1) is 17.8 Å². The lowest BCUT2D eigenvalue weighted by molar-refractivity contribution is -0.00688. The molecule has 1 aromatic carbocycles. The normalized spacial score (nSPS) is 33.6. The summed E-state index contributed by atoms with van der Waals surface area (Å²) in [5.41, 5.74) is 2.83. The minimum absolute atomic E-state index is 0.394. The monoisotopic (exact) mass is 340 g/mol. The van der Waals surface area contributed by atoms with Gasteiger partial charge in [-0.3, -0.25) is 0 Å². The lowest BCUT2D eigenvalue weighted by Gasteiger charge is -2.56. The number of rotatable bonds is 4. The van der Waals surface area contributed by atoms with Crippen molar-refractivity contribution >= 4 is 22.2 Å². The van der Waals surface area contributed by atoms with E-state index in [1.165, 1.54) is 44.2 Å². The molecule has 1 aromatic heterocycles. The van der Waals surface area contributed by atoms with E-state index in [2.05, 4.69) is 10.7 Å². The zero-order valence-electron chi connectivity index (χ0n) is 14.1. The van der Waals surface area contributed by atoms with Gasteiger partial charge >= 0.3 is 0 Å². The first-order chi connectivity index (χ1) is 11.7. The van der Waals surface area contributed by atoms with Crippen molar-refractivity contribution in [1.29, 1.82) is 0 Å². The lowest BCUT2D eigenvalue weighted by atomic mass is 9.49. The maximum absolute atomic E-state index is 5.22. The molecular formula is C20H24N2OS. The summed E-state index contributed by atoms with van der Waals surface area (Å²) >= 11 is 1.75. The Morgan fingerprint density at radius 3 is 2.25 bits per heavy atom. The fraction of sp³-hybridized carbons (Fsp3) is 0.550. The van der Waals surface area contributed by atoms with Crippen molar-refractivity contribution in [2.45, 2.75) is 43.9 Å². The van der Waals surface area contributed by atoms with E-state index in [1.807, 2.05) is 24.3 Å². The Balaban J connectivity index is 1.37. The molecule has 0 radical (unpaired) electrons. The largest absolute Gasteiger partial charge is 0.497 e. The highest BCUT2D eigenvalue weighted by molar-refractivity contribution is 7.13. The van der Waals surface area contributed by atoms with Crippen molar-refractivity contribution in [3.63, 3.8) is 0 Å². The molecule has 126 valence electrons. The molecule has 1 N–H and O–H groups in total. The minimum Gasteiger partial charge on any atom is -0.497 e. The van der Waals surface area contributed by atoms with Crippen LogP contribution in [0.15, 0.2) is 29.6 Å². The maximum Gasteiger partial charge on any atom is 0.187 e. The van der Waals surface area contributed by atoms with Crippen LogP contribution in [0.3, 0.4) is 0 Å². The van der Waals surface area contributed by atoms with Crippen LogP contribution in [0.25, 0.3) is 0 Å². The molecule has 1 heterocycles. The third kappa shape index (κ3) is 2.43. The van der Waals surface area contributed by atoms with Crippen LogP contribution >= 0.6 is 11.3 Å². The van der Waals surface area contributed by atoms with Crippen LogP contribution < -0.4 is 10.1 Å². The standard InChI is InChI=1S/C20H24N2OS/c1-23-17-4-2-16(3-5-17)21-19-22-18(12-24-19)20-9-13-6-14(10-20)8-15(7-13)11-20/h2-5,12-15H,6-11H2,1H3,(H,21,22). The number of hydrogen-bond acceptors (Lipinski definition) is 4. The van der Waals surface area contributed by atoms with Crippen LogP contribution in [-0.2, 0) is 5.41 Å². The summed E-state index contributed by atoms with van der Waals surface area (Å²) in [4.78, 5) is 5.01. The average Bonchev–Trinajstić information content (AvgIpc) is 3.04. The summed E-state index contributed by atoms with van der Waals surface area (Å²) in [6.45, 7) is 0. The zero-order chi connectivity index (χ0) is 16.1. The second kappa shape index (κ2) is 5.48. The maximum atomic E-state index is 5.22. The van der Waals surface area contributed by atoms with Crippen LogP contribution in [-0.4, -0.2) is 12.1 Å².